The molecule has 2 aromatic rings. The van der Waals surface area contributed by atoms with Gasteiger partial charge in [0.1, 0.15) is 17.6 Å². The van der Waals surface area contributed by atoms with Gasteiger partial charge in [0, 0.05) is 37.7 Å². The first-order valence-electron chi connectivity index (χ1n) is 13.5. The highest BCUT2D eigenvalue weighted by molar-refractivity contribution is 5.89. The minimum atomic E-state index is -0.682. The second-order valence-electron chi connectivity index (χ2n) is 11.9. The molecule has 212 valence electrons. The number of aromatic nitrogens is 2. The van der Waals surface area contributed by atoms with Crippen molar-refractivity contribution in [1.82, 2.24) is 20.4 Å². The van der Waals surface area contributed by atoms with Crippen molar-refractivity contribution >= 4 is 23.3 Å². The molecule has 2 aliphatic rings. The first-order chi connectivity index (χ1) is 18.3. The fraction of sp³-hybridized carbons (Fsp3) is 0.571. The Morgan fingerprint density at radius 2 is 1.90 bits per heavy atom. The Morgan fingerprint density at radius 3 is 2.51 bits per heavy atom. The minimum absolute atomic E-state index is 0.0703. The number of halogens is 1. The van der Waals surface area contributed by atoms with Crippen LogP contribution in [0.1, 0.15) is 53.4 Å². The number of amides is 2. The van der Waals surface area contributed by atoms with Crippen molar-refractivity contribution < 1.29 is 24.2 Å². The zero-order valence-electron chi connectivity index (χ0n) is 23.0. The number of β-amino-alcohol motifs (C(OH)–C–C–N with tert-alkyl or cyclic N) is 1. The number of nitrogens with two attached hydrogens (primary N) is 1. The van der Waals surface area contributed by atoms with Crippen LogP contribution in [0.4, 0.5) is 15.9 Å². The number of carbonyl (C=O) groups excluding carboxylic acids is 2. The van der Waals surface area contributed by atoms with Gasteiger partial charge in [-0.15, -0.1) is 10.2 Å². The summed E-state index contributed by atoms with van der Waals surface area (Å²) in [7, 11) is 0. The van der Waals surface area contributed by atoms with Crippen molar-refractivity contribution in [3.05, 3.63) is 30.1 Å². The van der Waals surface area contributed by atoms with Crippen LogP contribution in [0.3, 0.4) is 0 Å². The number of nitrogen functional groups attached to an aromatic ring is 1. The fourth-order valence-electron chi connectivity index (χ4n) is 5.47. The first-order valence-corrected chi connectivity index (χ1v) is 13.5. The van der Waals surface area contributed by atoms with Crippen LogP contribution in [0, 0.1) is 17.2 Å². The van der Waals surface area contributed by atoms with Crippen LogP contribution in [0.15, 0.2) is 24.3 Å². The second-order valence-corrected chi connectivity index (χ2v) is 11.9. The number of phenolic OH excluding ortho intramolecular Hbond substituents is 1. The van der Waals surface area contributed by atoms with Crippen molar-refractivity contribution in [2.24, 2.45) is 11.3 Å². The predicted molar refractivity (Wildman–Crippen MR) is 146 cm³/mol. The number of phenols is 1. The standard InChI is InChI=1S/C28H39FN6O4/c1-16-11-19(36)15-35(16)27(39)25(28(2,3)4)31-24(38)12-17-7-9-34(10-8-17)22-14-21(32-33-26(22)30)20-13-18(29)5-6-23(20)37/h5-6,13-14,16-17,19,25,36-37H,7-12,15H2,1-4H3,(H2,30,33)(H,31,38)/t16-,19-,25-/m1/s1. The van der Waals surface area contributed by atoms with Gasteiger partial charge in [-0.25, -0.2) is 4.39 Å². The molecule has 3 atom stereocenters. The quantitative estimate of drug-likeness (QED) is 0.436. The second kappa shape index (κ2) is 11.3. The zero-order valence-corrected chi connectivity index (χ0v) is 23.0. The zero-order chi connectivity index (χ0) is 28.5. The topological polar surface area (TPSA) is 145 Å². The van der Waals surface area contributed by atoms with Gasteiger partial charge in [-0.05, 0) is 61.8 Å². The summed E-state index contributed by atoms with van der Waals surface area (Å²) in [6, 6.07) is 4.58. The lowest BCUT2D eigenvalue weighted by Crippen LogP contribution is -2.55. The molecular weight excluding hydrogens is 503 g/mol. The number of nitrogens with zero attached hydrogens (tertiary/aromatic N) is 4. The number of benzene rings is 1. The molecule has 0 saturated carbocycles. The summed E-state index contributed by atoms with van der Waals surface area (Å²) in [5.41, 5.74) is 6.82. The highest BCUT2D eigenvalue weighted by atomic mass is 19.1. The van der Waals surface area contributed by atoms with Crippen LogP contribution in [0.5, 0.6) is 5.75 Å². The SMILES string of the molecule is C[C@@H]1C[C@@H](O)CN1C(=O)[C@@H](NC(=O)CC1CCN(c2cc(-c3cc(F)ccc3O)nnc2N)CC1)C(C)(C)C. The maximum absolute atomic E-state index is 13.8. The molecule has 1 aromatic carbocycles. The van der Waals surface area contributed by atoms with Crippen molar-refractivity contribution in [3.8, 4) is 17.0 Å². The average molecular weight is 543 g/mol. The number of hydrogen-bond acceptors (Lipinski definition) is 8. The average Bonchev–Trinajstić information content (AvgIpc) is 3.21. The molecule has 5 N–H and O–H groups in total. The van der Waals surface area contributed by atoms with E-state index in [2.05, 4.69) is 20.4 Å². The molecule has 2 amide bonds. The summed E-state index contributed by atoms with van der Waals surface area (Å²) in [6.45, 7) is 9.25. The van der Waals surface area contributed by atoms with Gasteiger partial charge in [0.2, 0.25) is 11.8 Å². The Morgan fingerprint density at radius 1 is 1.21 bits per heavy atom. The maximum Gasteiger partial charge on any atom is 0.246 e. The molecule has 2 fully saturated rings. The number of hydrogen-bond donors (Lipinski definition) is 4. The molecule has 0 radical (unpaired) electrons. The van der Waals surface area contributed by atoms with Crippen LogP contribution >= 0.6 is 0 Å². The van der Waals surface area contributed by atoms with Gasteiger partial charge >= 0.3 is 0 Å². The summed E-state index contributed by atoms with van der Waals surface area (Å²) < 4.78 is 13.8. The van der Waals surface area contributed by atoms with E-state index in [0.29, 0.717) is 37.3 Å². The number of piperidine rings is 1. The molecule has 0 unspecified atom stereocenters. The monoisotopic (exact) mass is 542 g/mol. The van der Waals surface area contributed by atoms with Crippen LogP contribution in [-0.4, -0.2) is 74.9 Å². The van der Waals surface area contributed by atoms with Gasteiger partial charge in [0.05, 0.1) is 17.5 Å². The molecule has 2 saturated heterocycles. The first kappa shape index (κ1) is 28.5. The third kappa shape index (κ3) is 6.58. The fourth-order valence-corrected chi connectivity index (χ4v) is 5.47. The maximum atomic E-state index is 13.8. The van der Waals surface area contributed by atoms with Gasteiger partial charge < -0.3 is 31.1 Å². The van der Waals surface area contributed by atoms with Crippen LogP contribution in [-0.2, 0) is 9.59 Å². The Kier molecular flexibility index (Phi) is 8.29. The third-order valence-electron chi connectivity index (χ3n) is 7.72. The van der Waals surface area contributed by atoms with E-state index in [-0.39, 0.29) is 47.4 Å². The van der Waals surface area contributed by atoms with Crippen molar-refractivity contribution in [3.63, 3.8) is 0 Å². The van der Waals surface area contributed by atoms with Gasteiger partial charge in [-0.2, -0.15) is 0 Å². The number of rotatable bonds is 6. The van der Waals surface area contributed by atoms with E-state index in [9.17, 15) is 24.2 Å². The lowest BCUT2D eigenvalue weighted by atomic mass is 9.85. The Bertz CT molecular complexity index is 1210. The normalized spacial score (nSPS) is 21.2. The number of carbonyl (C=O) groups is 2. The lowest BCUT2D eigenvalue weighted by molar-refractivity contribution is -0.140. The van der Waals surface area contributed by atoms with E-state index >= 15 is 0 Å². The summed E-state index contributed by atoms with van der Waals surface area (Å²) >= 11 is 0. The number of aliphatic hydroxyl groups excluding tert-OH is 1. The lowest BCUT2D eigenvalue weighted by Gasteiger charge is -2.36. The summed E-state index contributed by atoms with van der Waals surface area (Å²) in [5.74, 6) is -0.553. The van der Waals surface area contributed by atoms with Crippen LogP contribution < -0.4 is 16.0 Å². The third-order valence-corrected chi connectivity index (χ3v) is 7.72. The molecule has 0 aliphatic carbocycles. The molecule has 11 heteroatoms. The number of likely N-dealkylation sites (tertiary alicyclic amines) is 1. The van der Waals surface area contributed by atoms with Crippen LogP contribution in [0.25, 0.3) is 11.3 Å². The van der Waals surface area contributed by atoms with Gasteiger partial charge in [0.15, 0.2) is 5.82 Å². The highest BCUT2D eigenvalue weighted by Gasteiger charge is 2.40. The van der Waals surface area contributed by atoms with Crippen molar-refractivity contribution in [1.29, 1.82) is 0 Å². The summed E-state index contributed by atoms with van der Waals surface area (Å²) in [4.78, 5) is 30.1. The Hall–Kier alpha value is -3.47. The van der Waals surface area contributed by atoms with Crippen molar-refractivity contribution in [2.75, 3.05) is 30.3 Å². The van der Waals surface area contributed by atoms with E-state index in [1.807, 2.05) is 27.7 Å². The largest absolute Gasteiger partial charge is 0.507 e. The number of nitrogens with one attached hydrogen (secondary N) is 1. The molecule has 1 aromatic heterocycles. The molecule has 3 heterocycles. The molecule has 0 spiro atoms. The van der Waals surface area contributed by atoms with Crippen molar-refractivity contribution in [2.45, 2.75) is 71.6 Å². The molecular formula is C28H39FN6O4. The summed E-state index contributed by atoms with van der Waals surface area (Å²) in [6.07, 6.45) is 1.78. The number of aliphatic hydroxyl groups is 1. The number of aromatic hydroxyl groups is 1. The van der Waals surface area contributed by atoms with Gasteiger partial charge in [-0.1, -0.05) is 20.8 Å². The number of anilines is 2. The van der Waals surface area contributed by atoms with Crippen LogP contribution in [0.2, 0.25) is 0 Å². The predicted octanol–water partition coefficient (Wildman–Crippen LogP) is 2.69. The van der Waals surface area contributed by atoms with Gasteiger partial charge in [0.25, 0.3) is 0 Å². The van der Waals surface area contributed by atoms with E-state index in [4.69, 9.17) is 5.73 Å². The van der Waals surface area contributed by atoms with E-state index < -0.39 is 23.4 Å². The molecule has 0 bridgehead atoms. The molecule has 2 aliphatic heterocycles. The van der Waals surface area contributed by atoms with E-state index in [1.165, 1.54) is 18.2 Å². The summed E-state index contributed by atoms with van der Waals surface area (Å²) in [5, 5.41) is 31.2. The highest BCUT2D eigenvalue weighted by Crippen LogP contribution is 2.34. The minimum Gasteiger partial charge on any atom is -0.507 e. The smallest absolute Gasteiger partial charge is 0.246 e. The molecule has 4 rings (SSSR count). The molecule has 10 nitrogen and oxygen atoms in total. The van der Waals surface area contributed by atoms with E-state index in [1.54, 1.807) is 11.0 Å². The Labute approximate surface area is 228 Å². The van der Waals surface area contributed by atoms with Gasteiger partial charge in [-0.3, -0.25) is 9.59 Å². The molecule has 39 heavy (non-hydrogen) atoms. The Balaban J connectivity index is 1.37. The van der Waals surface area contributed by atoms with E-state index in [0.717, 1.165) is 12.8 Å².